The standard InChI is InChI=1S/C40H54O8Si/c1-38(2,3)49(33-15-11-9-12-16-33,34-17-13-10-14-18-34)44-26-24-32-28-36(48-40(6,7)46-32)37(41)35-27-31(45-39(4,5)47-35)23-25-43-30-21-19-29(42-8)20-22-30/h9-22,31-32,35-36H,23-28H2,1-8H3. The van der Waals surface area contributed by atoms with E-state index in [-0.39, 0.29) is 23.0 Å². The molecule has 9 heteroatoms. The van der Waals surface area contributed by atoms with E-state index in [0.29, 0.717) is 38.9 Å². The maximum Gasteiger partial charge on any atom is 0.261 e. The molecule has 4 unspecified atom stereocenters. The van der Waals surface area contributed by atoms with Crippen molar-refractivity contribution in [1.29, 1.82) is 0 Å². The van der Waals surface area contributed by atoms with E-state index in [1.54, 1.807) is 7.11 Å². The lowest BCUT2D eigenvalue weighted by Crippen LogP contribution is -2.66. The Morgan fingerprint density at radius 3 is 1.59 bits per heavy atom. The van der Waals surface area contributed by atoms with Crippen molar-refractivity contribution in [2.24, 2.45) is 0 Å². The number of hydrogen-bond acceptors (Lipinski definition) is 8. The first-order valence-electron chi connectivity index (χ1n) is 17.5. The number of rotatable bonds is 13. The number of ketones is 1. The van der Waals surface area contributed by atoms with Crippen LogP contribution in [0.15, 0.2) is 84.9 Å². The summed E-state index contributed by atoms with van der Waals surface area (Å²) >= 11 is 0. The monoisotopic (exact) mass is 690 g/mol. The Labute approximate surface area is 293 Å². The van der Waals surface area contributed by atoms with Crippen LogP contribution in [0.3, 0.4) is 0 Å². The molecule has 4 atom stereocenters. The van der Waals surface area contributed by atoms with Crippen molar-refractivity contribution in [2.75, 3.05) is 20.3 Å². The Bertz CT molecular complexity index is 1450. The molecule has 266 valence electrons. The topological polar surface area (TPSA) is 81.7 Å². The van der Waals surface area contributed by atoms with Gasteiger partial charge in [-0.05, 0) is 73.8 Å². The van der Waals surface area contributed by atoms with Crippen LogP contribution in [0.2, 0.25) is 5.04 Å². The van der Waals surface area contributed by atoms with Crippen LogP contribution in [0, 0.1) is 0 Å². The summed E-state index contributed by atoms with van der Waals surface area (Å²) in [6, 6.07) is 28.7. The molecular weight excluding hydrogens is 637 g/mol. The van der Waals surface area contributed by atoms with Crippen molar-refractivity contribution < 1.29 is 37.6 Å². The molecule has 2 saturated heterocycles. The molecule has 5 rings (SSSR count). The van der Waals surface area contributed by atoms with Crippen molar-refractivity contribution in [3.63, 3.8) is 0 Å². The average molecular weight is 691 g/mol. The lowest BCUT2D eigenvalue weighted by molar-refractivity contribution is -0.311. The lowest BCUT2D eigenvalue weighted by Gasteiger charge is -2.45. The van der Waals surface area contributed by atoms with Crippen LogP contribution in [-0.2, 0) is 28.2 Å². The van der Waals surface area contributed by atoms with Gasteiger partial charge in [0.1, 0.15) is 23.7 Å². The first-order chi connectivity index (χ1) is 23.2. The Hall–Kier alpha value is -3.05. The maximum atomic E-state index is 14.1. The summed E-state index contributed by atoms with van der Waals surface area (Å²) in [6.45, 7) is 15.2. The van der Waals surface area contributed by atoms with Gasteiger partial charge in [0.05, 0.1) is 25.9 Å². The molecule has 0 amide bonds. The summed E-state index contributed by atoms with van der Waals surface area (Å²) < 4.78 is 43.4. The van der Waals surface area contributed by atoms with Crippen LogP contribution in [0.5, 0.6) is 11.5 Å². The second-order valence-electron chi connectivity index (χ2n) is 15.0. The highest BCUT2D eigenvalue weighted by atomic mass is 28.4. The SMILES string of the molecule is COc1ccc(OCCC2CC(C(=O)C3CC(CCO[Si](c4ccccc4)(c4ccccc4)C(C)(C)C)OC(C)(C)O3)OC(C)(C)O2)cc1. The number of ether oxygens (including phenoxy) is 6. The van der Waals surface area contributed by atoms with Crippen molar-refractivity contribution in [3.05, 3.63) is 84.9 Å². The second-order valence-corrected chi connectivity index (χ2v) is 19.3. The number of benzene rings is 3. The van der Waals surface area contributed by atoms with Crippen molar-refractivity contribution >= 4 is 24.5 Å². The highest BCUT2D eigenvalue weighted by molar-refractivity contribution is 6.99. The molecule has 0 radical (unpaired) electrons. The molecule has 0 aromatic heterocycles. The fourth-order valence-corrected chi connectivity index (χ4v) is 11.8. The number of carbonyl (C=O) groups excluding carboxylic acids is 1. The zero-order chi connectivity index (χ0) is 35.3. The summed E-state index contributed by atoms with van der Waals surface area (Å²) in [5, 5.41) is 2.34. The van der Waals surface area contributed by atoms with Gasteiger partial charge in [-0.2, -0.15) is 0 Å². The summed E-state index contributed by atoms with van der Waals surface area (Å²) in [7, 11) is -1.06. The zero-order valence-electron chi connectivity index (χ0n) is 30.4. The lowest BCUT2D eigenvalue weighted by atomic mass is 9.95. The fraction of sp³-hybridized carbons (Fsp3) is 0.525. The summed E-state index contributed by atoms with van der Waals surface area (Å²) in [5.41, 5.74) is 0. The van der Waals surface area contributed by atoms with Crippen LogP contribution in [0.25, 0.3) is 0 Å². The summed E-state index contributed by atoms with van der Waals surface area (Å²) in [5.74, 6) is -0.412. The molecule has 0 N–H and O–H groups in total. The van der Waals surface area contributed by atoms with E-state index in [9.17, 15) is 4.79 Å². The molecule has 0 bridgehead atoms. The molecule has 0 spiro atoms. The number of methoxy groups -OCH3 is 1. The highest BCUT2D eigenvalue weighted by Crippen LogP contribution is 2.38. The normalized spacial score (nSPS) is 23.8. The minimum atomic E-state index is -2.70. The van der Waals surface area contributed by atoms with Crippen LogP contribution in [0.1, 0.15) is 74.1 Å². The zero-order valence-corrected chi connectivity index (χ0v) is 31.4. The first kappa shape index (κ1) is 37.2. The van der Waals surface area contributed by atoms with Gasteiger partial charge in [0.2, 0.25) is 0 Å². The Kier molecular flexibility index (Phi) is 11.7. The van der Waals surface area contributed by atoms with Crippen molar-refractivity contribution in [1.82, 2.24) is 0 Å². The molecule has 2 aliphatic rings. The van der Waals surface area contributed by atoms with Gasteiger partial charge in [-0.15, -0.1) is 0 Å². The first-order valence-corrected chi connectivity index (χ1v) is 19.4. The van der Waals surface area contributed by atoms with E-state index in [1.165, 1.54) is 10.4 Å². The number of hydrogen-bond donors (Lipinski definition) is 0. The van der Waals surface area contributed by atoms with Gasteiger partial charge in [-0.25, -0.2) is 0 Å². The third-order valence-corrected chi connectivity index (χ3v) is 14.3. The third kappa shape index (κ3) is 9.20. The largest absolute Gasteiger partial charge is 0.497 e. The van der Waals surface area contributed by atoms with Gasteiger partial charge < -0.3 is 32.8 Å². The molecule has 0 aliphatic carbocycles. The fourth-order valence-electron chi connectivity index (χ4n) is 7.21. The van der Waals surface area contributed by atoms with E-state index < -0.39 is 32.1 Å². The van der Waals surface area contributed by atoms with Crippen molar-refractivity contribution in [3.8, 4) is 11.5 Å². The van der Waals surface area contributed by atoms with E-state index in [2.05, 4.69) is 69.3 Å². The van der Waals surface area contributed by atoms with Gasteiger partial charge >= 0.3 is 0 Å². The van der Waals surface area contributed by atoms with Gasteiger partial charge in [0.15, 0.2) is 17.4 Å². The molecule has 49 heavy (non-hydrogen) atoms. The minimum absolute atomic E-state index is 0.0771. The molecule has 2 aliphatic heterocycles. The molecule has 8 nitrogen and oxygen atoms in total. The van der Waals surface area contributed by atoms with E-state index in [4.69, 9.17) is 32.8 Å². The quantitative estimate of drug-likeness (QED) is 0.181. The van der Waals surface area contributed by atoms with E-state index >= 15 is 0 Å². The summed E-state index contributed by atoms with van der Waals surface area (Å²) in [4.78, 5) is 14.1. The van der Waals surface area contributed by atoms with Crippen molar-refractivity contribution in [2.45, 2.75) is 115 Å². The van der Waals surface area contributed by atoms with Gasteiger partial charge in [-0.3, -0.25) is 4.79 Å². The van der Waals surface area contributed by atoms with E-state index in [0.717, 1.165) is 11.5 Å². The molecule has 2 fully saturated rings. The van der Waals surface area contributed by atoms with Gasteiger partial charge in [0.25, 0.3) is 8.32 Å². The predicted octanol–water partition coefficient (Wildman–Crippen LogP) is 6.82. The summed E-state index contributed by atoms with van der Waals surface area (Å²) in [6.07, 6.45) is 0.337. The van der Waals surface area contributed by atoms with Crippen LogP contribution >= 0.6 is 0 Å². The average Bonchev–Trinajstić information content (AvgIpc) is 3.05. The minimum Gasteiger partial charge on any atom is -0.497 e. The second kappa shape index (κ2) is 15.5. The van der Waals surface area contributed by atoms with Crippen LogP contribution in [-0.4, -0.2) is 70.4 Å². The smallest absolute Gasteiger partial charge is 0.261 e. The Morgan fingerprint density at radius 1 is 0.694 bits per heavy atom. The predicted molar refractivity (Wildman–Crippen MR) is 193 cm³/mol. The molecule has 0 saturated carbocycles. The Morgan fingerprint density at radius 2 is 1.14 bits per heavy atom. The Balaban J connectivity index is 1.24. The highest BCUT2D eigenvalue weighted by Gasteiger charge is 2.51. The molecule has 2 heterocycles. The van der Waals surface area contributed by atoms with Crippen LogP contribution < -0.4 is 19.8 Å². The number of carbonyl (C=O) groups is 1. The van der Waals surface area contributed by atoms with E-state index in [1.807, 2.05) is 64.1 Å². The molecular formula is C40H54O8Si. The van der Waals surface area contributed by atoms with Gasteiger partial charge in [-0.1, -0.05) is 81.4 Å². The molecule has 3 aromatic rings. The van der Waals surface area contributed by atoms with Crippen LogP contribution in [0.4, 0.5) is 0 Å². The maximum absolute atomic E-state index is 14.1. The van der Waals surface area contributed by atoms with Gasteiger partial charge in [0, 0.05) is 25.9 Å². The molecule has 3 aromatic carbocycles. The third-order valence-electron chi connectivity index (χ3n) is 9.28. The number of Topliss-reactive ketones (excluding diaryl/α,β-unsaturated/α-hetero) is 1.